The molecule has 0 radical (unpaired) electrons. The first-order chi connectivity index (χ1) is 7.54. The SMILES string of the molecule is Cc1ccnc(NC(C)CC(C)C)c1C#N. The first kappa shape index (κ1) is 12.5. The lowest BCUT2D eigenvalue weighted by Crippen LogP contribution is -2.19. The fraction of sp³-hybridized carbons (Fsp3) is 0.538. The zero-order valence-corrected chi connectivity index (χ0v) is 10.4. The normalized spacial score (nSPS) is 12.2. The average molecular weight is 217 g/mol. The van der Waals surface area contributed by atoms with Crippen LogP contribution in [0.3, 0.4) is 0 Å². The van der Waals surface area contributed by atoms with Gasteiger partial charge in [-0.2, -0.15) is 5.26 Å². The summed E-state index contributed by atoms with van der Waals surface area (Å²) >= 11 is 0. The predicted molar refractivity (Wildman–Crippen MR) is 66.2 cm³/mol. The van der Waals surface area contributed by atoms with Crippen molar-refractivity contribution in [3.05, 3.63) is 23.4 Å². The van der Waals surface area contributed by atoms with Crippen LogP contribution in [0.1, 0.15) is 38.3 Å². The first-order valence-electron chi connectivity index (χ1n) is 5.66. The molecule has 1 rings (SSSR count). The number of aryl methyl sites for hydroxylation is 1. The van der Waals surface area contributed by atoms with E-state index >= 15 is 0 Å². The average Bonchev–Trinajstić information content (AvgIpc) is 2.16. The number of hydrogen-bond donors (Lipinski definition) is 1. The van der Waals surface area contributed by atoms with Crippen LogP contribution in [0.15, 0.2) is 12.3 Å². The van der Waals surface area contributed by atoms with E-state index in [9.17, 15) is 0 Å². The highest BCUT2D eigenvalue weighted by Gasteiger charge is 2.10. The quantitative estimate of drug-likeness (QED) is 0.843. The van der Waals surface area contributed by atoms with Crippen LogP contribution in [0.4, 0.5) is 5.82 Å². The molecule has 0 aromatic carbocycles. The van der Waals surface area contributed by atoms with Gasteiger partial charge in [-0.05, 0) is 37.8 Å². The molecule has 1 unspecified atom stereocenters. The van der Waals surface area contributed by atoms with Gasteiger partial charge in [0.2, 0.25) is 0 Å². The maximum Gasteiger partial charge on any atom is 0.144 e. The van der Waals surface area contributed by atoms with Gasteiger partial charge in [0.25, 0.3) is 0 Å². The molecule has 1 aromatic rings. The van der Waals surface area contributed by atoms with Crippen LogP contribution in [-0.4, -0.2) is 11.0 Å². The molecule has 0 saturated heterocycles. The summed E-state index contributed by atoms with van der Waals surface area (Å²) in [5, 5.41) is 12.4. The number of nitriles is 1. The van der Waals surface area contributed by atoms with Crippen molar-refractivity contribution in [2.24, 2.45) is 5.92 Å². The molecule has 0 bridgehead atoms. The highest BCUT2D eigenvalue weighted by Crippen LogP contribution is 2.17. The lowest BCUT2D eigenvalue weighted by Gasteiger charge is -2.17. The Morgan fingerprint density at radius 2 is 2.12 bits per heavy atom. The third-order valence-electron chi connectivity index (χ3n) is 2.48. The Morgan fingerprint density at radius 3 is 2.69 bits per heavy atom. The van der Waals surface area contributed by atoms with Crippen molar-refractivity contribution in [2.45, 2.75) is 40.2 Å². The number of anilines is 1. The molecule has 1 aromatic heterocycles. The Labute approximate surface area is 97.5 Å². The van der Waals surface area contributed by atoms with Gasteiger partial charge in [-0.3, -0.25) is 0 Å². The van der Waals surface area contributed by atoms with Gasteiger partial charge in [-0.25, -0.2) is 4.98 Å². The van der Waals surface area contributed by atoms with Crippen molar-refractivity contribution in [1.29, 1.82) is 5.26 Å². The van der Waals surface area contributed by atoms with E-state index < -0.39 is 0 Å². The van der Waals surface area contributed by atoms with Crippen LogP contribution in [-0.2, 0) is 0 Å². The van der Waals surface area contributed by atoms with Gasteiger partial charge in [-0.1, -0.05) is 13.8 Å². The summed E-state index contributed by atoms with van der Waals surface area (Å²) in [5.41, 5.74) is 1.62. The molecule has 1 atom stereocenters. The fourth-order valence-corrected chi connectivity index (χ4v) is 1.81. The van der Waals surface area contributed by atoms with Crippen molar-refractivity contribution in [3.63, 3.8) is 0 Å². The molecule has 0 saturated carbocycles. The summed E-state index contributed by atoms with van der Waals surface area (Å²) in [4.78, 5) is 4.22. The fourth-order valence-electron chi connectivity index (χ4n) is 1.81. The van der Waals surface area contributed by atoms with Crippen molar-refractivity contribution >= 4 is 5.82 Å². The minimum absolute atomic E-state index is 0.335. The Balaban J connectivity index is 2.82. The Kier molecular flexibility index (Phi) is 4.30. The standard InChI is InChI=1S/C13H19N3/c1-9(2)7-11(4)16-13-12(8-14)10(3)5-6-15-13/h5-6,9,11H,7H2,1-4H3,(H,15,16). The molecule has 0 aliphatic heterocycles. The zero-order valence-electron chi connectivity index (χ0n) is 10.4. The minimum Gasteiger partial charge on any atom is -0.367 e. The van der Waals surface area contributed by atoms with E-state index in [1.165, 1.54) is 0 Å². The highest BCUT2D eigenvalue weighted by molar-refractivity contribution is 5.55. The molecule has 0 fully saturated rings. The molecule has 1 heterocycles. The molecule has 0 aliphatic rings. The third-order valence-corrected chi connectivity index (χ3v) is 2.48. The third kappa shape index (κ3) is 3.23. The number of pyridine rings is 1. The highest BCUT2D eigenvalue weighted by atomic mass is 15.0. The Morgan fingerprint density at radius 1 is 1.44 bits per heavy atom. The van der Waals surface area contributed by atoms with Gasteiger partial charge < -0.3 is 5.32 Å². The van der Waals surface area contributed by atoms with E-state index in [0.29, 0.717) is 23.3 Å². The number of nitrogens with one attached hydrogen (secondary N) is 1. The van der Waals surface area contributed by atoms with Gasteiger partial charge in [-0.15, -0.1) is 0 Å². The lowest BCUT2D eigenvalue weighted by atomic mass is 10.0. The Bertz CT molecular complexity index is 391. The molecule has 3 nitrogen and oxygen atoms in total. The van der Waals surface area contributed by atoms with Crippen molar-refractivity contribution in [2.75, 3.05) is 5.32 Å². The van der Waals surface area contributed by atoms with Gasteiger partial charge >= 0.3 is 0 Å². The van der Waals surface area contributed by atoms with Crippen LogP contribution in [0, 0.1) is 24.2 Å². The van der Waals surface area contributed by atoms with Crippen LogP contribution in [0.25, 0.3) is 0 Å². The van der Waals surface area contributed by atoms with Crippen LogP contribution >= 0.6 is 0 Å². The largest absolute Gasteiger partial charge is 0.367 e. The van der Waals surface area contributed by atoms with Gasteiger partial charge in [0, 0.05) is 12.2 Å². The van der Waals surface area contributed by atoms with E-state index in [2.05, 4.69) is 37.1 Å². The lowest BCUT2D eigenvalue weighted by molar-refractivity contribution is 0.538. The predicted octanol–water partition coefficient (Wildman–Crippen LogP) is 3.11. The van der Waals surface area contributed by atoms with Crippen molar-refractivity contribution in [1.82, 2.24) is 4.98 Å². The van der Waals surface area contributed by atoms with Gasteiger partial charge in [0.15, 0.2) is 0 Å². The monoisotopic (exact) mass is 217 g/mol. The van der Waals surface area contributed by atoms with Gasteiger partial charge in [0.1, 0.15) is 11.9 Å². The molecule has 16 heavy (non-hydrogen) atoms. The second-order valence-electron chi connectivity index (χ2n) is 4.64. The smallest absolute Gasteiger partial charge is 0.144 e. The van der Waals surface area contributed by atoms with Crippen molar-refractivity contribution < 1.29 is 0 Å². The van der Waals surface area contributed by atoms with Crippen molar-refractivity contribution in [3.8, 4) is 6.07 Å². The molecule has 0 amide bonds. The summed E-state index contributed by atoms with van der Waals surface area (Å²) in [5.74, 6) is 1.34. The number of nitrogens with zero attached hydrogens (tertiary/aromatic N) is 2. The number of aromatic nitrogens is 1. The molecule has 0 spiro atoms. The first-order valence-corrected chi connectivity index (χ1v) is 5.66. The molecular formula is C13H19N3. The molecule has 0 aliphatic carbocycles. The van der Waals surface area contributed by atoms with E-state index in [4.69, 9.17) is 5.26 Å². The van der Waals surface area contributed by atoms with Crippen LogP contribution in [0.5, 0.6) is 0 Å². The zero-order chi connectivity index (χ0) is 12.1. The number of hydrogen-bond acceptors (Lipinski definition) is 3. The van der Waals surface area contributed by atoms with Crippen LogP contribution in [0.2, 0.25) is 0 Å². The summed E-state index contributed by atoms with van der Waals surface area (Å²) in [6.45, 7) is 8.42. The van der Waals surface area contributed by atoms with E-state index in [-0.39, 0.29) is 0 Å². The number of rotatable bonds is 4. The van der Waals surface area contributed by atoms with Crippen LogP contribution < -0.4 is 5.32 Å². The Hall–Kier alpha value is -1.56. The summed E-state index contributed by atoms with van der Waals surface area (Å²) < 4.78 is 0. The summed E-state index contributed by atoms with van der Waals surface area (Å²) in [7, 11) is 0. The molecule has 86 valence electrons. The maximum absolute atomic E-state index is 9.06. The van der Waals surface area contributed by atoms with Gasteiger partial charge in [0.05, 0.1) is 5.56 Å². The molecule has 3 heteroatoms. The van der Waals surface area contributed by atoms with E-state index in [1.54, 1.807) is 6.20 Å². The summed E-state index contributed by atoms with van der Waals surface area (Å²) in [6.07, 6.45) is 2.81. The topological polar surface area (TPSA) is 48.7 Å². The van der Waals surface area contributed by atoms with E-state index in [0.717, 1.165) is 12.0 Å². The minimum atomic E-state index is 0.335. The maximum atomic E-state index is 9.06. The second-order valence-corrected chi connectivity index (χ2v) is 4.64. The molecular weight excluding hydrogens is 198 g/mol. The summed E-state index contributed by atoms with van der Waals surface area (Å²) in [6, 6.07) is 4.39. The molecule has 1 N–H and O–H groups in total. The second kappa shape index (κ2) is 5.50. The van der Waals surface area contributed by atoms with E-state index in [1.807, 2.05) is 13.0 Å².